The highest BCUT2D eigenvalue weighted by Gasteiger charge is 2.27. The largest absolute Gasteiger partial charge is 0.269 e. The van der Waals surface area contributed by atoms with E-state index in [-0.39, 0.29) is 5.21 Å². The summed E-state index contributed by atoms with van der Waals surface area (Å²) in [4.78, 5) is 0. The van der Waals surface area contributed by atoms with Crippen LogP contribution in [0.5, 0.6) is 0 Å². The number of hydrogen-bond acceptors (Lipinski definition) is 2. The topological polar surface area (TPSA) is 37.4 Å². The van der Waals surface area contributed by atoms with Gasteiger partial charge in [0.15, 0.2) is 0 Å². The molecule has 1 aromatic carbocycles. The average Bonchev–Trinajstić information content (AvgIpc) is 2.61. The monoisotopic (exact) mass is 230 g/mol. The SMILES string of the molecule is O=S(=O)(CCl)N1CCc2c[c]ccc21. The van der Waals surface area contributed by atoms with Crippen LogP contribution >= 0.6 is 11.6 Å². The zero-order chi connectivity index (χ0) is 10.2. The molecule has 0 spiro atoms. The second-order valence-electron chi connectivity index (χ2n) is 3.10. The van der Waals surface area contributed by atoms with E-state index < -0.39 is 10.0 Å². The Bertz CT molecular complexity index is 444. The Kier molecular flexibility index (Phi) is 2.41. The molecule has 0 aliphatic carbocycles. The highest BCUT2D eigenvalue weighted by molar-refractivity contribution is 7.93. The van der Waals surface area contributed by atoms with Gasteiger partial charge in [0, 0.05) is 6.54 Å². The van der Waals surface area contributed by atoms with Gasteiger partial charge in [0.25, 0.3) is 0 Å². The summed E-state index contributed by atoms with van der Waals surface area (Å²) in [6.07, 6.45) is 0.739. The maximum Gasteiger partial charge on any atom is 0.249 e. The molecule has 2 rings (SSSR count). The Morgan fingerprint density at radius 3 is 3.07 bits per heavy atom. The third-order valence-electron chi connectivity index (χ3n) is 2.25. The first-order chi connectivity index (χ1) is 6.65. The minimum Gasteiger partial charge on any atom is -0.269 e. The molecule has 1 heterocycles. The van der Waals surface area contributed by atoms with Gasteiger partial charge in [-0.1, -0.05) is 6.07 Å². The Balaban J connectivity index is 2.45. The molecule has 14 heavy (non-hydrogen) atoms. The van der Waals surface area contributed by atoms with E-state index in [4.69, 9.17) is 11.6 Å². The molecule has 1 aliphatic heterocycles. The van der Waals surface area contributed by atoms with Gasteiger partial charge >= 0.3 is 0 Å². The summed E-state index contributed by atoms with van der Waals surface area (Å²) >= 11 is 5.40. The van der Waals surface area contributed by atoms with Gasteiger partial charge in [0.05, 0.1) is 5.69 Å². The van der Waals surface area contributed by atoms with Gasteiger partial charge in [-0.05, 0) is 30.2 Å². The van der Waals surface area contributed by atoms with E-state index >= 15 is 0 Å². The highest BCUT2D eigenvalue weighted by Crippen LogP contribution is 2.29. The van der Waals surface area contributed by atoms with Crippen LogP contribution < -0.4 is 4.31 Å². The maximum atomic E-state index is 11.5. The number of fused-ring (bicyclic) bond motifs is 1. The first kappa shape index (κ1) is 9.80. The molecule has 1 aromatic rings. The van der Waals surface area contributed by atoms with Crippen molar-refractivity contribution in [1.29, 1.82) is 0 Å². The summed E-state index contributed by atoms with van der Waals surface area (Å²) in [5.74, 6) is 0. The first-order valence-electron chi connectivity index (χ1n) is 4.20. The van der Waals surface area contributed by atoms with Crippen LogP contribution in [0.4, 0.5) is 5.69 Å². The van der Waals surface area contributed by atoms with Crippen LogP contribution in [0.3, 0.4) is 0 Å². The van der Waals surface area contributed by atoms with Crippen molar-refractivity contribution >= 4 is 27.3 Å². The number of rotatable bonds is 2. The lowest BCUT2D eigenvalue weighted by Gasteiger charge is -2.17. The smallest absolute Gasteiger partial charge is 0.249 e. The predicted molar refractivity (Wildman–Crippen MR) is 56.0 cm³/mol. The summed E-state index contributed by atoms with van der Waals surface area (Å²) in [5, 5.41) is -0.370. The van der Waals surface area contributed by atoms with Crippen LogP contribution in [-0.2, 0) is 16.4 Å². The molecule has 1 radical (unpaired) electrons. The fraction of sp³-hybridized carbons (Fsp3) is 0.333. The number of alkyl halides is 1. The molecular weight excluding hydrogens is 222 g/mol. The number of hydrogen-bond donors (Lipinski definition) is 0. The third kappa shape index (κ3) is 1.48. The lowest BCUT2D eigenvalue weighted by molar-refractivity contribution is 0.597. The van der Waals surface area contributed by atoms with Gasteiger partial charge in [-0.25, -0.2) is 8.42 Å². The van der Waals surface area contributed by atoms with E-state index in [0.717, 1.165) is 17.7 Å². The molecule has 0 atom stereocenters. The van der Waals surface area contributed by atoms with Gasteiger partial charge in [0.2, 0.25) is 10.0 Å². The molecule has 0 fully saturated rings. The van der Waals surface area contributed by atoms with E-state index in [1.54, 1.807) is 12.1 Å². The van der Waals surface area contributed by atoms with Gasteiger partial charge in [-0.3, -0.25) is 4.31 Å². The van der Waals surface area contributed by atoms with Crippen LogP contribution in [0, 0.1) is 6.07 Å². The minimum absolute atomic E-state index is 0.370. The van der Waals surface area contributed by atoms with Crippen molar-refractivity contribution in [2.75, 3.05) is 16.1 Å². The second-order valence-corrected chi connectivity index (χ2v) is 5.58. The molecule has 3 nitrogen and oxygen atoms in total. The lowest BCUT2D eigenvalue weighted by atomic mass is 10.2. The lowest BCUT2D eigenvalue weighted by Crippen LogP contribution is -2.29. The fourth-order valence-electron chi connectivity index (χ4n) is 1.59. The quantitative estimate of drug-likeness (QED) is 0.720. The van der Waals surface area contributed by atoms with Crippen molar-refractivity contribution in [2.45, 2.75) is 6.42 Å². The van der Waals surface area contributed by atoms with Gasteiger partial charge in [-0.2, -0.15) is 0 Å². The summed E-state index contributed by atoms with van der Waals surface area (Å²) in [7, 11) is -3.33. The van der Waals surface area contributed by atoms with Gasteiger partial charge < -0.3 is 0 Å². The Morgan fingerprint density at radius 2 is 2.36 bits per heavy atom. The molecule has 0 saturated heterocycles. The summed E-state index contributed by atoms with van der Waals surface area (Å²) in [6, 6.07) is 8.21. The second kappa shape index (κ2) is 3.44. The molecule has 75 valence electrons. The van der Waals surface area contributed by atoms with E-state index in [1.807, 2.05) is 6.07 Å². The van der Waals surface area contributed by atoms with Crippen LogP contribution in [0.2, 0.25) is 0 Å². The van der Waals surface area contributed by atoms with Crippen molar-refractivity contribution in [3.8, 4) is 0 Å². The Labute approximate surface area is 88.3 Å². The number of sulfonamides is 1. The van der Waals surface area contributed by atoms with E-state index in [0.29, 0.717) is 6.54 Å². The van der Waals surface area contributed by atoms with E-state index in [2.05, 4.69) is 6.07 Å². The number of halogens is 1. The van der Waals surface area contributed by atoms with Crippen LogP contribution in [0.15, 0.2) is 18.2 Å². The summed E-state index contributed by atoms with van der Waals surface area (Å²) in [5.41, 5.74) is 1.76. The molecule has 0 aromatic heterocycles. The van der Waals surface area contributed by atoms with Crippen LogP contribution in [-0.4, -0.2) is 20.2 Å². The van der Waals surface area contributed by atoms with Crippen molar-refractivity contribution in [3.05, 3.63) is 29.8 Å². The predicted octanol–water partition coefficient (Wildman–Crippen LogP) is 1.38. The van der Waals surface area contributed by atoms with E-state index in [1.165, 1.54) is 4.31 Å². The first-order valence-corrected chi connectivity index (χ1v) is 6.35. The number of benzene rings is 1. The average molecular weight is 231 g/mol. The number of anilines is 1. The van der Waals surface area contributed by atoms with Crippen molar-refractivity contribution in [2.24, 2.45) is 0 Å². The van der Waals surface area contributed by atoms with Gasteiger partial charge in [0.1, 0.15) is 5.21 Å². The molecule has 0 bridgehead atoms. The molecule has 1 aliphatic rings. The fourth-order valence-corrected chi connectivity index (χ4v) is 2.91. The highest BCUT2D eigenvalue weighted by atomic mass is 35.5. The van der Waals surface area contributed by atoms with Gasteiger partial charge in [-0.15, -0.1) is 11.6 Å². The van der Waals surface area contributed by atoms with E-state index in [9.17, 15) is 8.42 Å². The summed E-state index contributed by atoms with van der Waals surface area (Å²) < 4.78 is 24.5. The third-order valence-corrected chi connectivity index (χ3v) is 4.40. The maximum absolute atomic E-state index is 11.5. The zero-order valence-electron chi connectivity index (χ0n) is 7.40. The zero-order valence-corrected chi connectivity index (χ0v) is 8.98. The van der Waals surface area contributed by atoms with Crippen molar-refractivity contribution < 1.29 is 8.42 Å². The standard InChI is InChI=1S/C9H9ClNO2S/c10-7-14(12,13)11-6-5-8-3-1-2-4-9(8)11/h2-4H,5-7H2. The minimum atomic E-state index is -3.33. The van der Waals surface area contributed by atoms with Crippen molar-refractivity contribution in [3.63, 3.8) is 0 Å². The van der Waals surface area contributed by atoms with Crippen molar-refractivity contribution in [1.82, 2.24) is 0 Å². The molecule has 0 saturated carbocycles. The molecule has 5 heteroatoms. The molecule has 0 amide bonds. The van der Waals surface area contributed by atoms with Crippen LogP contribution in [0.1, 0.15) is 5.56 Å². The Morgan fingerprint density at radius 1 is 1.57 bits per heavy atom. The Hall–Kier alpha value is -0.740. The normalized spacial score (nSPS) is 15.6. The van der Waals surface area contributed by atoms with Crippen LogP contribution in [0.25, 0.3) is 0 Å². The molecule has 0 unspecified atom stereocenters. The molecular formula is C9H9ClNO2S. The molecule has 0 N–H and O–H groups in total. The summed E-state index contributed by atoms with van der Waals surface area (Å²) in [6.45, 7) is 0.488. The number of nitrogens with zero attached hydrogens (tertiary/aromatic N) is 1.